The summed E-state index contributed by atoms with van der Waals surface area (Å²) < 4.78 is 41.5. The number of methoxy groups -OCH3 is 1. The minimum Gasteiger partial charge on any atom is -0.468 e. The first kappa shape index (κ1) is 52.8. The molecule has 19 heteroatoms. The van der Waals surface area contributed by atoms with Crippen LogP contribution in [-0.4, -0.2) is 193 Å². The van der Waals surface area contributed by atoms with E-state index in [2.05, 4.69) is 54.5 Å². The van der Waals surface area contributed by atoms with Gasteiger partial charge >= 0.3 is 5.97 Å². The molecule has 0 aromatic carbocycles. The van der Waals surface area contributed by atoms with E-state index in [1.807, 2.05) is 0 Å². The van der Waals surface area contributed by atoms with E-state index >= 15 is 0 Å². The number of aliphatic hydroxyl groups excluding tert-OH is 11. The lowest BCUT2D eigenvalue weighted by Gasteiger charge is -2.72. The lowest BCUT2D eigenvalue weighted by molar-refractivity contribution is -0.390. The van der Waals surface area contributed by atoms with Crippen molar-refractivity contribution in [1.82, 2.24) is 0 Å². The molecule has 390 valence electrons. The number of carbonyl (C=O) groups is 1. The minimum atomic E-state index is -1.85. The number of hydrogen-bond donors (Lipinski definition) is 11. The number of rotatable bonds is 9. The molecular weight excluding hydrogens is 893 g/mol. The molecule has 0 aromatic heterocycles. The summed E-state index contributed by atoms with van der Waals surface area (Å²) in [5, 5.41) is 122. The number of carbonyl (C=O) groups excluding carboxylic acids is 1. The van der Waals surface area contributed by atoms with E-state index in [1.165, 1.54) is 14.0 Å². The second-order valence-electron chi connectivity index (χ2n) is 23.8. The third-order valence-electron chi connectivity index (χ3n) is 19.6. The summed E-state index contributed by atoms with van der Waals surface area (Å²) in [6, 6.07) is 0. The molecule has 8 aliphatic rings. The monoisotopic (exact) mass is 973 g/mol. The van der Waals surface area contributed by atoms with Crippen molar-refractivity contribution in [3.05, 3.63) is 11.6 Å². The third kappa shape index (κ3) is 7.90. The molecule has 11 N–H and O–H groups in total. The Morgan fingerprint density at radius 3 is 1.91 bits per heavy atom. The van der Waals surface area contributed by atoms with Crippen molar-refractivity contribution < 1.29 is 94.1 Å². The molecule has 25 atom stereocenters. The minimum absolute atomic E-state index is 0.0350. The van der Waals surface area contributed by atoms with Crippen molar-refractivity contribution in [3.8, 4) is 0 Å². The van der Waals surface area contributed by atoms with E-state index < -0.39 is 145 Å². The SMILES string of the molecule is COC(=O)C12CCC3(C)C(=CCC4C5(C)CCC(OC6OC(CO)C(OC7OC(CO)C(O)C(O)C7OC7OC(C)C(O)C(O)C7O)C(O)C6O)C(C)(C)C5CC(O)C43C)C1CC(C)(C)CC2O. The van der Waals surface area contributed by atoms with Crippen LogP contribution in [-0.2, 0) is 38.0 Å². The Bertz CT molecular complexity index is 1860. The van der Waals surface area contributed by atoms with Crippen molar-refractivity contribution in [2.24, 2.45) is 50.2 Å². The van der Waals surface area contributed by atoms with Crippen LogP contribution in [0, 0.1) is 50.2 Å². The number of ether oxygens (including phenoxy) is 7. The summed E-state index contributed by atoms with van der Waals surface area (Å²) in [6.45, 7) is 15.1. The highest BCUT2D eigenvalue weighted by Crippen LogP contribution is 2.76. The summed E-state index contributed by atoms with van der Waals surface area (Å²) in [6.07, 6.45) is -19.3. The molecule has 8 rings (SSSR count). The van der Waals surface area contributed by atoms with E-state index in [0.717, 1.165) is 12.0 Å². The van der Waals surface area contributed by atoms with Gasteiger partial charge in [0.1, 0.15) is 72.6 Å². The zero-order valence-electron chi connectivity index (χ0n) is 41.0. The fourth-order valence-electron chi connectivity index (χ4n) is 15.4. The van der Waals surface area contributed by atoms with Gasteiger partial charge in [-0.2, -0.15) is 0 Å². The van der Waals surface area contributed by atoms with Crippen LogP contribution in [0.5, 0.6) is 0 Å². The van der Waals surface area contributed by atoms with Gasteiger partial charge in [-0.05, 0) is 97.7 Å². The Balaban J connectivity index is 1.00. The molecule has 0 amide bonds. The van der Waals surface area contributed by atoms with Gasteiger partial charge in [-0.3, -0.25) is 4.79 Å². The molecule has 25 unspecified atom stereocenters. The highest BCUT2D eigenvalue weighted by Gasteiger charge is 2.73. The zero-order chi connectivity index (χ0) is 50.0. The highest BCUT2D eigenvalue weighted by atomic mass is 16.8. The fraction of sp³-hybridized carbons (Fsp3) is 0.939. The number of aliphatic hydroxyl groups is 11. The molecular formula is C49H80O19. The van der Waals surface area contributed by atoms with Gasteiger partial charge in [-0.25, -0.2) is 0 Å². The van der Waals surface area contributed by atoms with Crippen LogP contribution in [0.4, 0.5) is 0 Å². The molecule has 68 heavy (non-hydrogen) atoms. The molecule has 3 saturated heterocycles. The van der Waals surface area contributed by atoms with Crippen LogP contribution in [0.3, 0.4) is 0 Å². The van der Waals surface area contributed by atoms with Gasteiger partial charge in [0, 0.05) is 5.41 Å². The Morgan fingerprint density at radius 1 is 0.662 bits per heavy atom. The molecule has 0 aromatic rings. The summed E-state index contributed by atoms with van der Waals surface area (Å²) in [5.41, 5.74) is -2.10. The summed E-state index contributed by atoms with van der Waals surface area (Å²) in [5.74, 6) is -0.655. The van der Waals surface area contributed by atoms with Crippen molar-refractivity contribution >= 4 is 5.97 Å². The maximum Gasteiger partial charge on any atom is 0.315 e. The Labute approximate surface area is 398 Å². The normalized spacial score (nSPS) is 54.3. The van der Waals surface area contributed by atoms with E-state index in [1.54, 1.807) is 0 Å². The summed E-state index contributed by atoms with van der Waals surface area (Å²) >= 11 is 0. The smallest absolute Gasteiger partial charge is 0.315 e. The second kappa shape index (κ2) is 18.5. The standard InChI is InChI=1S/C49H80O19/c1-21-31(54)33(56)36(59)40(63-21)68-39-34(57)32(55)24(19-50)64-42(39)67-38-25(20-51)65-41(37(60)35(38)58)66-30-12-13-46(6)26-11-10-22-23-17-44(2,3)18-29(53)49(23,43(61)62-9)15-14-47(22,7)48(26,8)28(52)16-27(46)45(30,4)5/h10,21,23-42,50-60H,11-20H2,1-9H3. The van der Waals surface area contributed by atoms with Crippen molar-refractivity contribution in [2.75, 3.05) is 20.3 Å². The first-order valence-electron chi connectivity index (χ1n) is 24.8. The molecule has 3 aliphatic heterocycles. The third-order valence-corrected chi connectivity index (χ3v) is 19.6. The van der Waals surface area contributed by atoms with E-state index in [0.29, 0.717) is 44.9 Å². The van der Waals surface area contributed by atoms with Crippen molar-refractivity contribution in [3.63, 3.8) is 0 Å². The first-order chi connectivity index (χ1) is 31.7. The van der Waals surface area contributed by atoms with E-state index in [4.69, 9.17) is 33.2 Å². The van der Waals surface area contributed by atoms with Gasteiger partial charge in [0.2, 0.25) is 0 Å². The average Bonchev–Trinajstić information content (AvgIpc) is 3.28. The predicted octanol–water partition coefficient (Wildman–Crippen LogP) is -0.236. The van der Waals surface area contributed by atoms with Gasteiger partial charge in [0.25, 0.3) is 0 Å². The lowest BCUT2D eigenvalue weighted by Crippen LogP contribution is -2.70. The van der Waals surface area contributed by atoms with Crippen LogP contribution in [0.2, 0.25) is 0 Å². The number of esters is 1. The highest BCUT2D eigenvalue weighted by molar-refractivity contribution is 5.79. The zero-order valence-corrected chi connectivity index (χ0v) is 41.0. The molecule has 0 radical (unpaired) electrons. The average molecular weight is 973 g/mol. The van der Waals surface area contributed by atoms with Crippen LogP contribution in [0.15, 0.2) is 11.6 Å². The van der Waals surface area contributed by atoms with E-state index in [9.17, 15) is 61.0 Å². The molecule has 7 fully saturated rings. The van der Waals surface area contributed by atoms with Crippen LogP contribution < -0.4 is 0 Å². The quantitative estimate of drug-likeness (QED) is 0.0808. The van der Waals surface area contributed by atoms with Gasteiger partial charge in [-0.15, -0.1) is 0 Å². The Morgan fingerprint density at radius 2 is 1.26 bits per heavy atom. The van der Waals surface area contributed by atoms with Crippen molar-refractivity contribution in [2.45, 2.75) is 217 Å². The second-order valence-corrected chi connectivity index (χ2v) is 23.8. The van der Waals surface area contributed by atoms with Gasteiger partial charge in [0.15, 0.2) is 18.9 Å². The van der Waals surface area contributed by atoms with Gasteiger partial charge in [0.05, 0.1) is 44.7 Å². The molecule has 19 nitrogen and oxygen atoms in total. The number of hydrogen-bond acceptors (Lipinski definition) is 19. The van der Waals surface area contributed by atoms with Crippen molar-refractivity contribution in [1.29, 1.82) is 0 Å². The number of fused-ring (bicyclic) bond motifs is 7. The maximum atomic E-state index is 13.8. The molecule has 0 spiro atoms. The van der Waals surface area contributed by atoms with Gasteiger partial charge < -0.3 is 89.3 Å². The van der Waals surface area contributed by atoms with Crippen LogP contribution >= 0.6 is 0 Å². The molecule has 4 saturated carbocycles. The summed E-state index contributed by atoms with van der Waals surface area (Å²) in [4.78, 5) is 13.8. The molecule has 0 bridgehead atoms. The fourth-order valence-corrected chi connectivity index (χ4v) is 15.4. The van der Waals surface area contributed by atoms with Crippen LogP contribution in [0.25, 0.3) is 0 Å². The Hall–Kier alpha value is -1.47. The maximum absolute atomic E-state index is 13.8. The van der Waals surface area contributed by atoms with Gasteiger partial charge in [-0.1, -0.05) is 60.1 Å². The first-order valence-corrected chi connectivity index (χ1v) is 24.8. The topological polar surface area (TPSA) is 304 Å². The van der Waals surface area contributed by atoms with Crippen LogP contribution in [0.1, 0.15) is 107 Å². The number of allylic oxidation sites excluding steroid dienone is 2. The molecule has 5 aliphatic carbocycles. The predicted molar refractivity (Wildman–Crippen MR) is 236 cm³/mol. The largest absolute Gasteiger partial charge is 0.468 e. The van der Waals surface area contributed by atoms with E-state index in [-0.39, 0.29) is 34.6 Å². The lowest BCUT2D eigenvalue weighted by atomic mass is 9.32. The molecule has 3 heterocycles. The Kier molecular flexibility index (Phi) is 14.4. The summed E-state index contributed by atoms with van der Waals surface area (Å²) in [7, 11) is 1.40.